The van der Waals surface area contributed by atoms with Crippen LogP contribution in [0, 0.1) is 0 Å². The van der Waals surface area contributed by atoms with Crippen molar-refractivity contribution in [3.63, 3.8) is 0 Å². The largest absolute Gasteiger partial charge is 0.447 e. The van der Waals surface area contributed by atoms with Gasteiger partial charge in [0.25, 0.3) is 0 Å². The standard InChI is InChI=1S/C12H15N3O3S/c1-2-15-19(16,17)12-5-3-10(4-6-12)14-8-11-7-13-9-18-11/h3-7,9,14-15H,2,8H2,1H3. The maximum atomic E-state index is 11.7. The van der Waals surface area contributed by atoms with Crippen LogP contribution < -0.4 is 10.0 Å². The summed E-state index contributed by atoms with van der Waals surface area (Å²) in [5.41, 5.74) is 0.812. The number of rotatable bonds is 6. The molecule has 0 atom stereocenters. The van der Waals surface area contributed by atoms with Gasteiger partial charge >= 0.3 is 0 Å². The normalized spacial score (nSPS) is 11.4. The van der Waals surface area contributed by atoms with Gasteiger partial charge in [-0.15, -0.1) is 0 Å². The van der Waals surface area contributed by atoms with E-state index in [1.54, 1.807) is 37.4 Å². The smallest absolute Gasteiger partial charge is 0.240 e. The van der Waals surface area contributed by atoms with Crippen LogP contribution in [0.15, 0.2) is 46.2 Å². The van der Waals surface area contributed by atoms with Crippen molar-refractivity contribution in [3.8, 4) is 0 Å². The first kappa shape index (κ1) is 13.6. The second-order valence-corrected chi connectivity index (χ2v) is 5.61. The molecule has 0 saturated heterocycles. The molecule has 0 radical (unpaired) electrons. The monoisotopic (exact) mass is 281 g/mol. The van der Waals surface area contributed by atoms with Gasteiger partial charge in [0.05, 0.1) is 17.6 Å². The van der Waals surface area contributed by atoms with E-state index in [9.17, 15) is 8.42 Å². The Labute approximate surface area is 111 Å². The van der Waals surface area contributed by atoms with Crippen molar-refractivity contribution in [1.82, 2.24) is 9.71 Å². The first-order chi connectivity index (χ1) is 9.12. The average molecular weight is 281 g/mol. The molecule has 0 unspecified atom stereocenters. The van der Waals surface area contributed by atoms with Crippen molar-refractivity contribution in [2.45, 2.75) is 18.4 Å². The number of hydrogen-bond acceptors (Lipinski definition) is 5. The van der Waals surface area contributed by atoms with E-state index < -0.39 is 10.0 Å². The second kappa shape index (κ2) is 5.85. The molecule has 0 amide bonds. The summed E-state index contributed by atoms with van der Waals surface area (Å²) >= 11 is 0. The number of nitrogens with one attached hydrogen (secondary N) is 2. The van der Waals surface area contributed by atoms with Crippen LogP contribution >= 0.6 is 0 Å². The zero-order valence-electron chi connectivity index (χ0n) is 10.5. The molecule has 0 aliphatic heterocycles. The molecule has 19 heavy (non-hydrogen) atoms. The lowest BCUT2D eigenvalue weighted by molar-refractivity contribution is 0.511. The SMILES string of the molecule is CCNS(=O)(=O)c1ccc(NCc2cnco2)cc1. The summed E-state index contributed by atoms with van der Waals surface area (Å²) in [5.74, 6) is 0.712. The highest BCUT2D eigenvalue weighted by atomic mass is 32.2. The molecule has 6 nitrogen and oxygen atoms in total. The Morgan fingerprint density at radius 1 is 1.26 bits per heavy atom. The van der Waals surface area contributed by atoms with Crippen LogP contribution in [0.2, 0.25) is 0 Å². The van der Waals surface area contributed by atoms with Crippen LogP contribution in [0.3, 0.4) is 0 Å². The molecule has 102 valence electrons. The Morgan fingerprint density at radius 2 is 2.00 bits per heavy atom. The third-order valence-electron chi connectivity index (χ3n) is 2.45. The van der Waals surface area contributed by atoms with E-state index in [4.69, 9.17) is 4.42 Å². The van der Waals surface area contributed by atoms with Crippen LogP contribution in [0.5, 0.6) is 0 Å². The Kier molecular flexibility index (Phi) is 4.18. The molecule has 0 fully saturated rings. The van der Waals surface area contributed by atoms with Crippen molar-refractivity contribution in [1.29, 1.82) is 0 Å². The van der Waals surface area contributed by atoms with Crippen molar-refractivity contribution in [2.75, 3.05) is 11.9 Å². The maximum Gasteiger partial charge on any atom is 0.240 e. The molecular formula is C12H15N3O3S. The van der Waals surface area contributed by atoms with E-state index in [0.717, 1.165) is 5.69 Å². The van der Waals surface area contributed by atoms with Gasteiger partial charge in [-0.1, -0.05) is 6.92 Å². The zero-order valence-corrected chi connectivity index (χ0v) is 11.3. The molecule has 2 rings (SSSR count). The van der Waals surface area contributed by atoms with Crippen LogP contribution in [-0.2, 0) is 16.6 Å². The number of benzene rings is 1. The highest BCUT2D eigenvalue weighted by Gasteiger charge is 2.11. The Hall–Kier alpha value is -1.86. The zero-order chi connectivity index (χ0) is 13.7. The lowest BCUT2D eigenvalue weighted by Gasteiger charge is -2.07. The van der Waals surface area contributed by atoms with E-state index in [-0.39, 0.29) is 4.90 Å². The predicted octanol–water partition coefficient (Wildman–Crippen LogP) is 1.58. The van der Waals surface area contributed by atoms with Crippen LogP contribution in [0.4, 0.5) is 5.69 Å². The van der Waals surface area contributed by atoms with E-state index in [1.165, 1.54) is 6.39 Å². The van der Waals surface area contributed by atoms with Crippen molar-refractivity contribution in [3.05, 3.63) is 42.6 Å². The fourth-order valence-corrected chi connectivity index (χ4v) is 2.58. The summed E-state index contributed by atoms with van der Waals surface area (Å²) in [6, 6.07) is 6.53. The summed E-state index contributed by atoms with van der Waals surface area (Å²) in [6.45, 7) is 2.61. The molecule has 0 aliphatic carbocycles. The number of anilines is 1. The summed E-state index contributed by atoms with van der Waals surface area (Å²) in [7, 11) is -3.39. The summed E-state index contributed by atoms with van der Waals surface area (Å²) < 4.78 is 31.0. The minimum absolute atomic E-state index is 0.250. The Morgan fingerprint density at radius 3 is 2.58 bits per heavy atom. The highest BCUT2D eigenvalue weighted by Crippen LogP contribution is 2.14. The number of nitrogens with zero attached hydrogens (tertiary/aromatic N) is 1. The minimum Gasteiger partial charge on any atom is -0.447 e. The highest BCUT2D eigenvalue weighted by molar-refractivity contribution is 7.89. The number of sulfonamides is 1. The van der Waals surface area contributed by atoms with Gasteiger partial charge in [0.1, 0.15) is 5.76 Å². The van der Waals surface area contributed by atoms with E-state index in [1.807, 2.05) is 0 Å². The lowest BCUT2D eigenvalue weighted by atomic mass is 10.3. The third-order valence-corrected chi connectivity index (χ3v) is 4.01. The molecule has 1 heterocycles. The molecule has 1 aromatic carbocycles. The number of oxazole rings is 1. The Balaban J connectivity index is 2.02. The molecule has 2 aromatic rings. The molecule has 0 saturated carbocycles. The first-order valence-corrected chi connectivity index (χ1v) is 7.31. The van der Waals surface area contributed by atoms with Gasteiger partial charge < -0.3 is 9.73 Å². The topological polar surface area (TPSA) is 84.2 Å². The summed E-state index contributed by atoms with van der Waals surface area (Å²) in [6.07, 6.45) is 2.99. The maximum absolute atomic E-state index is 11.7. The summed E-state index contributed by atoms with van der Waals surface area (Å²) in [4.78, 5) is 4.06. The summed E-state index contributed by atoms with van der Waals surface area (Å²) in [5, 5.41) is 3.11. The van der Waals surface area contributed by atoms with E-state index >= 15 is 0 Å². The fourth-order valence-electron chi connectivity index (χ4n) is 1.54. The van der Waals surface area contributed by atoms with Gasteiger partial charge in [-0.25, -0.2) is 18.1 Å². The first-order valence-electron chi connectivity index (χ1n) is 5.83. The van der Waals surface area contributed by atoms with Gasteiger partial charge in [0, 0.05) is 12.2 Å². The molecule has 1 aromatic heterocycles. The van der Waals surface area contributed by atoms with Gasteiger partial charge in [0.15, 0.2) is 6.39 Å². The third kappa shape index (κ3) is 3.55. The lowest BCUT2D eigenvalue weighted by Crippen LogP contribution is -2.23. The van der Waals surface area contributed by atoms with Gasteiger partial charge in [0.2, 0.25) is 10.0 Å². The van der Waals surface area contributed by atoms with Gasteiger partial charge in [-0.05, 0) is 24.3 Å². The molecular weight excluding hydrogens is 266 g/mol. The number of hydrogen-bond donors (Lipinski definition) is 2. The van der Waals surface area contributed by atoms with Crippen molar-refractivity contribution in [2.24, 2.45) is 0 Å². The number of aromatic nitrogens is 1. The van der Waals surface area contributed by atoms with Crippen molar-refractivity contribution >= 4 is 15.7 Å². The predicted molar refractivity (Wildman–Crippen MR) is 71.1 cm³/mol. The fraction of sp³-hybridized carbons (Fsp3) is 0.250. The molecule has 0 spiro atoms. The van der Waals surface area contributed by atoms with E-state index in [2.05, 4.69) is 15.0 Å². The average Bonchev–Trinajstić information content (AvgIpc) is 2.90. The molecule has 0 bridgehead atoms. The van der Waals surface area contributed by atoms with Crippen LogP contribution in [0.1, 0.15) is 12.7 Å². The molecule has 0 aliphatic rings. The Bertz CT molecular complexity index is 606. The van der Waals surface area contributed by atoms with E-state index in [0.29, 0.717) is 18.8 Å². The molecule has 7 heteroatoms. The van der Waals surface area contributed by atoms with Crippen LogP contribution in [-0.4, -0.2) is 19.9 Å². The second-order valence-electron chi connectivity index (χ2n) is 3.85. The van der Waals surface area contributed by atoms with Gasteiger partial charge in [-0.3, -0.25) is 0 Å². The molecule has 2 N–H and O–H groups in total. The quantitative estimate of drug-likeness (QED) is 0.840. The van der Waals surface area contributed by atoms with Crippen molar-refractivity contribution < 1.29 is 12.8 Å². The minimum atomic E-state index is -3.39. The van der Waals surface area contributed by atoms with Crippen LogP contribution in [0.25, 0.3) is 0 Å². The van der Waals surface area contributed by atoms with Gasteiger partial charge in [-0.2, -0.15) is 0 Å².